The average Bonchev–Trinajstić information content (AvgIpc) is 3.33. The second-order valence-corrected chi connectivity index (χ2v) is 6.40. The van der Waals surface area contributed by atoms with Crippen molar-refractivity contribution < 1.29 is 0 Å². The van der Waals surface area contributed by atoms with Gasteiger partial charge in [0, 0.05) is 31.4 Å². The van der Waals surface area contributed by atoms with E-state index in [1.165, 1.54) is 31.5 Å². The molecule has 0 spiro atoms. The molecule has 2 saturated carbocycles. The van der Waals surface area contributed by atoms with Crippen molar-refractivity contribution >= 4 is 11.8 Å². The van der Waals surface area contributed by atoms with Crippen LogP contribution in [0.4, 0.5) is 0 Å². The number of imidazole rings is 1. The lowest BCUT2D eigenvalue weighted by atomic mass is 10.4. The lowest BCUT2D eigenvalue weighted by molar-refractivity contribution is 0.626. The number of hydrogen-bond acceptors (Lipinski definition) is 4. The van der Waals surface area contributed by atoms with Crippen molar-refractivity contribution in [1.29, 1.82) is 0 Å². The van der Waals surface area contributed by atoms with Crippen molar-refractivity contribution in [3.8, 4) is 0 Å². The third kappa shape index (κ3) is 2.18. The molecule has 6 heteroatoms. The first kappa shape index (κ1) is 11.5. The van der Waals surface area contributed by atoms with Gasteiger partial charge in [-0.15, -0.1) is 10.2 Å². The molecule has 0 radical (unpaired) electrons. The van der Waals surface area contributed by atoms with E-state index in [0.29, 0.717) is 12.0 Å². The van der Waals surface area contributed by atoms with E-state index in [0.717, 1.165) is 16.7 Å². The molecule has 0 atom stereocenters. The number of hydrogen-bond donors (Lipinski definition) is 0. The van der Waals surface area contributed by atoms with Crippen LogP contribution in [0.3, 0.4) is 0 Å². The van der Waals surface area contributed by atoms with E-state index in [9.17, 15) is 0 Å². The highest BCUT2D eigenvalue weighted by molar-refractivity contribution is 7.98. The summed E-state index contributed by atoms with van der Waals surface area (Å²) in [6.45, 7) is 0. The highest BCUT2D eigenvalue weighted by Crippen LogP contribution is 2.46. The maximum absolute atomic E-state index is 4.43. The molecule has 2 aromatic heterocycles. The van der Waals surface area contributed by atoms with Crippen LogP contribution in [0.5, 0.6) is 0 Å². The minimum Gasteiger partial charge on any atom is -0.337 e. The van der Waals surface area contributed by atoms with Crippen LogP contribution in [-0.4, -0.2) is 24.3 Å². The Morgan fingerprint density at radius 3 is 2.74 bits per heavy atom. The first-order valence-electron chi connectivity index (χ1n) is 6.86. The predicted octanol–water partition coefficient (Wildman–Crippen LogP) is 2.52. The minimum absolute atomic E-state index is 0.662. The van der Waals surface area contributed by atoms with Crippen LogP contribution in [0, 0.1) is 0 Å². The molecule has 2 aliphatic carbocycles. The SMILES string of the molecule is Cn1ccnc1CSc1nnc(C2CC2)n1C1CC1. The molecule has 2 aliphatic rings. The Bertz CT molecular complexity index is 594. The number of rotatable bonds is 5. The van der Waals surface area contributed by atoms with E-state index in [2.05, 4.69) is 24.3 Å². The molecule has 19 heavy (non-hydrogen) atoms. The number of aromatic nitrogens is 5. The number of thioether (sulfide) groups is 1. The largest absolute Gasteiger partial charge is 0.337 e. The summed E-state index contributed by atoms with van der Waals surface area (Å²) < 4.78 is 4.46. The zero-order valence-electron chi connectivity index (χ0n) is 11.0. The zero-order valence-corrected chi connectivity index (χ0v) is 11.8. The molecule has 0 aliphatic heterocycles. The monoisotopic (exact) mass is 275 g/mol. The highest BCUT2D eigenvalue weighted by atomic mass is 32.2. The van der Waals surface area contributed by atoms with Crippen LogP contribution in [0.1, 0.15) is 49.3 Å². The van der Waals surface area contributed by atoms with E-state index in [4.69, 9.17) is 0 Å². The van der Waals surface area contributed by atoms with Gasteiger partial charge in [0.05, 0.1) is 5.75 Å². The standard InChI is InChI=1S/C13H17N5S/c1-17-7-6-14-11(17)8-19-13-16-15-12(9-2-3-9)18(13)10-4-5-10/h6-7,9-10H,2-5,8H2,1H3. The molecule has 0 unspecified atom stereocenters. The normalized spacial score (nSPS) is 19.0. The van der Waals surface area contributed by atoms with Gasteiger partial charge in [-0.1, -0.05) is 11.8 Å². The molecule has 2 fully saturated rings. The molecule has 0 N–H and O–H groups in total. The van der Waals surface area contributed by atoms with E-state index >= 15 is 0 Å². The van der Waals surface area contributed by atoms with E-state index in [-0.39, 0.29) is 0 Å². The summed E-state index contributed by atoms with van der Waals surface area (Å²) in [5.41, 5.74) is 0. The van der Waals surface area contributed by atoms with E-state index in [1.807, 2.05) is 19.4 Å². The van der Waals surface area contributed by atoms with Gasteiger partial charge in [0.2, 0.25) is 0 Å². The van der Waals surface area contributed by atoms with Gasteiger partial charge in [0.15, 0.2) is 5.16 Å². The summed E-state index contributed by atoms with van der Waals surface area (Å²) in [6.07, 6.45) is 8.97. The fourth-order valence-electron chi connectivity index (χ4n) is 2.35. The Kier molecular flexibility index (Phi) is 2.65. The summed E-state index contributed by atoms with van der Waals surface area (Å²) in [4.78, 5) is 4.36. The first-order valence-corrected chi connectivity index (χ1v) is 7.85. The smallest absolute Gasteiger partial charge is 0.191 e. The Labute approximate surface area is 116 Å². The lowest BCUT2D eigenvalue weighted by Crippen LogP contribution is -2.02. The molecule has 5 nitrogen and oxygen atoms in total. The summed E-state index contributed by atoms with van der Waals surface area (Å²) in [5, 5.41) is 9.91. The van der Waals surface area contributed by atoms with Crippen molar-refractivity contribution in [3.63, 3.8) is 0 Å². The second-order valence-electron chi connectivity index (χ2n) is 5.46. The zero-order chi connectivity index (χ0) is 12.8. The molecule has 0 bridgehead atoms. The van der Waals surface area contributed by atoms with Crippen LogP contribution in [-0.2, 0) is 12.8 Å². The molecule has 100 valence electrons. The molecular weight excluding hydrogens is 258 g/mol. The highest BCUT2D eigenvalue weighted by Gasteiger charge is 2.36. The van der Waals surface area contributed by atoms with Crippen LogP contribution < -0.4 is 0 Å². The maximum atomic E-state index is 4.43. The Balaban J connectivity index is 1.55. The minimum atomic E-state index is 0.662. The molecule has 0 amide bonds. The van der Waals surface area contributed by atoms with Gasteiger partial charge >= 0.3 is 0 Å². The molecule has 2 aromatic rings. The van der Waals surface area contributed by atoms with Crippen LogP contribution in [0.25, 0.3) is 0 Å². The fourth-order valence-corrected chi connectivity index (χ4v) is 3.36. The van der Waals surface area contributed by atoms with E-state index < -0.39 is 0 Å². The van der Waals surface area contributed by atoms with Crippen molar-refractivity contribution in [2.45, 2.75) is 48.6 Å². The topological polar surface area (TPSA) is 48.5 Å². The Morgan fingerprint density at radius 2 is 2.11 bits per heavy atom. The van der Waals surface area contributed by atoms with Crippen LogP contribution >= 0.6 is 11.8 Å². The van der Waals surface area contributed by atoms with Gasteiger partial charge in [-0.25, -0.2) is 4.98 Å². The van der Waals surface area contributed by atoms with Gasteiger partial charge < -0.3 is 9.13 Å². The van der Waals surface area contributed by atoms with E-state index in [1.54, 1.807) is 11.8 Å². The lowest BCUT2D eigenvalue weighted by Gasteiger charge is -2.07. The van der Waals surface area contributed by atoms with Crippen LogP contribution in [0.15, 0.2) is 17.6 Å². The summed E-state index contributed by atoms with van der Waals surface area (Å²) in [6, 6.07) is 0.662. The third-order valence-corrected chi connectivity index (χ3v) is 4.74. The van der Waals surface area contributed by atoms with Crippen molar-refractivity contribution in [3.05, 3.63) is 24.0 Å². The number of aryl methyl sites for hydroxylation is 1. The molecule has 0 aromatic carbocycles. The van der Waals surface area contributed by atoms with Crippen molar-refractivity contribution in [1.82, 2.24) is 24.3 Å². The quantitative estimate of drug-likeness (QED) is 0.787. The molecule has 2 heterocycles. The molecule has 0 saturated heterocycles. The summed E-state index contributed by atoms with van der Waals surface area (Å²) >= 11 is 1.76. The average molecular weight is 275 g/mol. The van der Waals surface area contributed by atoms with Gasteiger partial charge in [0.1, 0.15) is 11.6 Å². The fraction of sp³-hybridized carbons (Fsp3) is 0.615. The predicted molar refractivity (Wildman–Crippen MR) is 73.0 cm³/mol. The maximum Gasteiger partial charge on any atom is 0.191 e. The van der Waals surface area contributed by atoms with Crippen molar-refractivity contribution in [2.24, 2.45) is 7.05 Å². The van der Waals surface area contributed by atoms with Gasteiger partial charge in [-0.3, -0.25) is 0 Å². The molecule has 4 rings (SSSR count). The summed E-state index contributed by atoms with van der Waals surface area (Å²) in [5.74, 6) is 3.85. The summed E-state index contributed by atoms with van der Waals surface area (Å²) in [7, 11) is 2.03. The van der Waals surface area contributed by atoms with Crippen LogP contribution in [0.2, 0.25) is 0 Å². The van der Waals surface area contributed by atoms with Gasteiger partial charge in [-0.05, 0) is 25.7 Å². The van der Waals surface area contributed by atoms with Crippen molar-refractivity contribution in [2.75, 3.05) is 0 Å². The Morgan fingerprint density at radius 1 is 1.26 bits per heavy atom. The van der Waals surface area contributed by atoms with Gasteiger partial charge in [-0.2, -0.15) is 0 Å². The van der Waals surface area contributed by atoms with Gasteiger partial charge in [0.25, 0.3) is 0 Å². The third-order valence-electron chi connectivity index (χ3n) is 3.80. The number of nitrogens with zero attached hydrogens (tertiary/aromatic N) is 5. The Hall–Kier alpha value is -1.30. The second kappa shape index (κ2) is 4.37. The first-order chi connectivity index (χ1) is 9.33. The molecular formula is C13H17N5S.